The summed E-state index contributed by atoms with van der Waals surface area (Å²) in [6.45, 7) is 3.18. The van der Waals surface area contributed by atoms with Crippen molar-refractivity contribution in [3.8, 4) is 0 Å². The number of hydrogen-bond donors (Lipinski definition) is 6. The standard InChI is InChI=1S/C51H89O13P/c1-3-5-7-9-11-13-15-17-19-21-22-24-26-28-30-32-34-36-38-40-45(53)63-43(42-62-65(59,60)64-51-49(57)47(55)46(54)48(56)50(51)58)41-61-44(52)39-37-35-33-31-29-27-25-23-20-18-16-14-12-10-8-6-4-2/h5,7,11,13,17,19,22,24,28,30,43,46-51,54-58H,3-4,6,8-10,12,14-16,18,20-21,23,25-27,29,31-42H2,1-2H3,(H,59,60)/b7-5+,13-11+,19-17+,24-22+,30-28+/t43-,46?,47-,48?,49?,50?,51?/m1/s1. The maximum Gasteiger partial charge on any atom is 0.472 e. The number of hydrogen-bond acceptors (Lipinski definition) is 12. The second kappa shape index (κ2) is 40.6. The van der Waals surface area contributed by atoms with Gasteiger partial charge in [0.15, 0.2) is 6.10 Å². The van der Waals surface area contributed by atoms with Crippen LogP contribution in [0.3, 0.4) is 0 Å². The molecule has 0 aromatic rings. The maximum atomic E-state index is 12.8. The number of ether oxygens (including phenoxy) is 2. The van der Waals surface area contributed by atoms with Crippen molar-refractivity contribution >= 4 is 19.8 Å². The Morgan fingerprint density at radius 3 is 1.34 bits per heavy atom. The predicted molar refractivity (Wildman–Crippen MR) is 258 cm³/mol. The van der Waals surface area contributed by atoms with Crippen LogP contribution in [0.1, 0.15) is 194 Å². The Morgan fingerprint density at radius 2 is 0.877 bits per heavy atom. The number of aliphatic hydroxyl groups is 5. The van der Waals surface area contributed by atoms with E-state index in [0.717, 1.165) is 70.6 Å². The molecule has 6 N–H and O–H groups in total. The lowest BCUT2D eigenvalue weighted by Crippen LogP contribution is -2.64. The third kappa shape index (κ3) is 32.8. The summed E-state index contributed by atoms with van der Waals surface area (Å²) in [6.07, 6.45) is 36.9. The van der Waals surface area contributed by atoms with Crippen LogP contribution in [0.4, 0.5) is 0 Å². The highest BCUT2D eigenvalue weighted by Crippen LogP contribution is 2.47. The number of unbranched alkanes of at least 4 members (excludes halogenated alkanes) is 19. The van der Waals surface area contributed by atoms with E-state index >= 15 is 0 Å². The molecule has 0 aromatic carbocycles. The Hall–Kier alpha value is -2.45. The van der Waals surface area contributed by atoms with E-state index < -0.39 is 75.7 Å². The lowest BCUT2D eigenvalue weighted by atomic mass is 9.85. The molecule has 1 fully saturated rings. The second-order valence-electron chi connectivity index (χ2n) is 17.3. The zero-order chi connectivity index (χ0) is 47.8. The summed E-state index contributed by atoms with van der Waals surface area (Å²) >= 11 is 0. The molecule has 0 bridgehead atoms. The average Bonchev–Trinajstić information content (AvgIpc) is 3.29. The third-order valence-electron chi connectivity index (χ3n) is 11.4. The van der Waals surface area contributed by atoms with Gasteiger partial charge < -0.3 is 39.9 Å². The van der Waals surface area contributed by atoms with E-state index in [9.17, 15) is 44.6 Å². The first-order valence-electron chi connectivity index (χ1n) is 25.1. The van der Waals surface area contributed by atoms with Gasteiger partial charge in [-0.25, -0.2) is 4.57 Å². The van der Waals surface area contributed by atoms with Gasteiger partial charge in [0.05, 0.1) is 6.61 Å². The Labute approximate surface area is 392 Å². The number of carbonyl (C=O) groups excluding carboxylic acids is 2. The van der Waals surface area contributed by atoms with Crippen LogP contribution in [0.15, 0.2) is 60.8 Å². The number of phosphoric ester groups is 1. The zero-order valence-electron chi connectivity index (χ0n) is 40.0. The van der Waals surface area contributed by atoms with Gasteiger partial charge in [0, 0.05) is 12.8 Å². The molecule has 0 saturated heterocycles. The van der Waals surface area contributed by atoms with Crippen molar-refractivity contribution in [3.05, 3.63) is 60.8 Å². The fourth-order valence-corrected chi connectivity index (χ4v) is 8.35. The molecule has 0 amide bonds. The van der Waals surface area contributed by atoms with Crippen LogP contribution < -0.4 is 0 Å². The zero-order valence-corrected chi connectivity index (χ0v) is 40.9. The van der Waals surface area contributed by atoms with E-state index in [4.69, 9.17) is 18.5 Å². The minimum absolute atomic E-state index is 0.0568. The number of allylic oxidation sites excluding steroid dienone is 10. The van der Waals surface area contributed by atoms with Crippen LogP contribution >= 0.6 is 7.82 Å². The van der Waals surface area contributed by atoms with Crippen molar-refractivity contribution in [2.75, 3.05) is 13.2 Å². The summed E-state index contributed by atoms with van der Waals surface area (Å²) in [4.78, 5) is 35.8. The van der Waals surface area contributed by atoms with Crippen LogP contribution in [0.25, 0.3) is 0 Å². The van der Waals surface area contributed by atoms with E-state index in [-0.39, 0.29) is 12.8 Å². The molecular formula is C51H89O13P. The van der Waals surface area contributed by atoms with Gasteiger partial charge in [0.2, 0.25) is 0 Å². The van der Waals surface area contributed by atoms with Crippen LogP contribution in [0.2, 0.25) is 0 Å². The van der Waals surface area contributed by atoms with Gasteiger partial charge in [0.25, 0.3) is 0 Å². The molecule has 65 heavy (non-hydrogen) atoms. The molecule has 1 saturated carbocycles. The topological polar surface area (TPSA) is 210 Å². The van der Waals surface area contributed by atoms with Gasteiger partial charge in [-0.05, 0) is 57.8 Å². The van der Waals surface area contributed by atoms with Crippen LogP contribution in [0.5, 0.6) is 0 Å². The maximum absolute atomic E-state index is 12.8. The molecule has 1 aliphatic rings. The molecule has 1 rings (SSSR count). The number of esters is 2. The minimum Gasteiger partial charge on any atom is -0.462 e. The van der Waals surface area contributed by atoms with Crippen molar-refractivity contribution in [2.45, 2.75) is 236 Å². The van der Waals surface area contributed by atoms with Gasteiger partial charge >= 0.3 is 19.8 Å². The quantitative estimate of drug-likeness (QED) is 0.0146. The Balaban J connectivity index is 2.44. The third-order valence-corrected chi connectivity index (χ3v) is 12.4. The predicted octanol–water partition coefficient (Wildman–Crippen LogP) is 10.5. The molecule has 376 valence electrons. The molecule has 0 aliphatic heterocycles. The molecule has 6 unspecified atom stereocenters. The van der Waals surface area contributed by atoms with Gasteiger partial charge in [-0.3, -0.25) is 18.6 Å². The molecule has 1 aliphatic carbocycles. The van der Waals surface area contributed by atoms with Crippen LogP contribution in [-0.2, 0) is 32.7 Å². The van der Waals surface area contributed by atoms with Gasteiger partial charge in [0.1, 0.15) is 43.2 Å². The monoisotopic (exact) mass is 941 g/mol. The first-order valence-corrected chi connectivity index (χ1v) is 26.6. The Morgan fingerprint density at radius 1 is 0.492 bits per heavy atom. The fraction of sp³-hybridized carbons (Fsp3) is 0.765. The SMILES string of the molecule is CC/C=C/C/C=C/C/C=C/C/C=C/C/C=C/CCCCCC(=O)O[C@H](COC(=O)CCCCCCCCCCCCCCCCCCC)COP(=O)(O)OC1C(O)C(O)C(O)[C@@H](O)C1O. The van der Waals surface area contributed by atoms with Gasteiger partial charge in [-0.2, -0.15) is 0 Å². The van der Waals surface area contributed by atoms with E-state index in [1.54, 1.807) is 0 Å². The molecule has 8 atom stereocenters. The lowest BCUT2D eigenvalue weighted by Gasteiger charge is -2.41. The van der Waals surface area contributed by atoms with Crippen molar-refractivity contribution in [1.29, 1.82) is 0 Å². The first kappa shape index (κ1) is 60.6. The summed E-state index contributed by atoms with van der Waals surface area (Å²) in [5.74, 6) is -1.13. The number of phosphoric acid groups is 1. The summed E-state index contributed by atoms with van der Waals surface area (Å²) in [5, 5.41) is 50.2. The van der Waals surface area contributed by atoms with Crippen molar-refractivity contribution in [3.63, 3.8) is 0 Å². The van der Waals surface area contributed by atoms with E-state index in [2.05, 4.69) is 74.6 Å². The van der Waals surface area contributed by atoms with Crippen molar-refractivity contribution < 1.29 is 63.1 Å². The molecule has 14 heteroatoms. The van der Waals surface area contributed by atoms with Gasteiger partial charge in [-0.15, -0.1) is 0 Å². The van der Waals surface area contributed by atoms with Crippen LogP contribution in [0, 0.1) is 0 Å². The molecule has 13 nitrogen and oxygen atoms in total. The molecule has 0 aromatic heterocycles. The summed E-state index contributed by atoms with van der Waals surface area (Å²) in [7, 11) is -5.13. The smallest absolute Gasteiger partial charge is 0.462 e. The summed E-state index contributed by atoms with van der Waals surface area (Å²) < 4.78 is 33.6. The summed E-state index contributed by atoms with van der Waals surface area (Å²) in [5.41, 5.74) is 0. The first-order chi connectivity index (χ1) is 31.4. The molecule has 0 radical (unpaired) electrons. The fourth-order valence-electron chi connectivity index (χ4n) is 7.37. The highest BCUT2D eigenvalue weighted by atomic mass is 31.2. The number of rotatable bonds is 41. The Kier molecular flexibility index (Phi) is 37.8. The Bertz CT molecular complexity index is 1370. The summed E-state index contributed by atoms with van der Waals surface area (Å²) in [6, 6.07) is 0. The minimum atomic E-state index is -5.13. The molecule has 0 heterocycles. The lowest BCUT2D eigenvalue weighted by molar-refractivity contribution is -0.220. The van der Waals surface area contributed by atoms with Gasteiger partial charge in [-0.1, -0.05) is 184 Å². The number of carbonyl (C=O) groups is 2. The van der Waals surface area contributed by atoms with E-state index in [1.165, 1.54) is 83.5 Å². The second-order valence-corrected chi connectivity index (χ2v) is 18.7. The largest absolute Gasteiger partial charge is 0.472 e. The van der Waals surface area contributed by atoms with Crippen LogP contribution in [-0.4, -0.2) is 98.3 Å². The molecular weight excluding hydrogens is 852 g/mol. The molecule has 0 spiro atoms. The number of aliphatic hydroxyl groups excluding tert-OH is 5. The van der Waals surface area contributed by atoms with Crippen molar-refractivity contribution in [1.82, 2.24) is 0 Å². The highest BCUT2D eigenvalue weighted by Gasteiger charge is 2.51. The van der Waals surface area contributed by atoms with Crippen molar-refractivity contribution in [2.24, 2.45) is 0 Å². The normalized spacial score (nSPS) is 21.9. The average molecular weight is 941 g/mol. The highest BCUT2D eigenvalue weighted by molar-refractivity contribution is 7.47. The van der Waals surface area contributed by atoms with E-state index in [1.807, 2.05) is 0 Å². The van der Waals surface area contributed by atoms with E-state index in [0.29, 0.717) is 12.8 Å².